The molecule has 0 spiro atoms. The molecule has 2 fully saturated rings. The molecule has 9 nitrogen and oxygen atoms in total. The van der Waals surface area contributed by atoms with E-state index in [0.29, 0.717) is 24.4 Å². The normalized spacial score (nSPS) is 20.6. The highest BCUT2D eigenvalue weighted by Gasteiger charge is 2.46. The largest absolute Gasteiger partial charge is 0.507 e. The lowest BCUT2D eigenvalue weighted by molar-refractivity contribution is -0.140. The fourth-order valence-electron chi connectivity index (χ4n) is 4.65. The molecule has 10 heteroatoms. The summed E-state index contributed by atoms with van der Waals surface area (Å²) in [6, 6.07) is 11.8. The molecular formula is C26H30N2O7S. The van der Waals surface area contributed by atoms with Gasteiger partial charge < -0.3 is 19.5 Å². The second kappa shape index (κ2) is 10.8. The molecule has 2 aromatic rings. The van der Waals surface area contributed by atoms with E-state index in [1.807, 2.05) is 0 Å². The van der Waals surface area contributed by atoms with Crippen molar-refractivity contribution in [2.45, 2.75) is 30.2 Å². The van der Waals surface area contributed by atoms with Gasteiger partial charge in [-0.1, -0.05) is 18.6 Å². The predicted octanol–water partition coefficient (Wildman–Crippen LogP) is 2.94. The topological polar surface area (TPSA) is 113 Å². The first-order valence-corrected chi connectivity index (χ1v) is 13.3. The van der Waals surface area contributed by atoms with E-state index in [1.54, 1.807) is 24.3 Å². The summed E-state index contributed by atoms with van der Waals surface area (Å²) < 4.78 is 37.9. The van der Waals surface area contributed by atoms with Gasteiger partial charge >= 0.3 is 0 Å². The van der Waals surface area contributed by atoms with Crippen molar-refractivity contribution in [2.75, 3.05) is 40.5 Å². The van der Waals surface area contributed by atoms with Gasteiger partial charge in [-0.05, 0) is 54.8 Å². The average molecular weight is 515 g/mol. The number of nitrogens with zero attached hydrogens (tertiary/aromatic N) is 2. The molecule has 36 heavy (non-hydrogen) atoms. The molecule has 1 atom stereocenters. The molecule has 2 heterocycles. The zero-order valence-corrected chi connectivity index (χ0v) is 21.2. The number of ether oxygens (including phenoxy) is 2. The van der Waals surface area contributed by atoms with Crippen molar-refractivity contribution in [3.63, 3.8) is 0 Å². The van der Waals surface area contributed by atoms with Crippen LogP contribution in [0.1, 0.15) is 36.4 Å². The lowest BCUT2D eigenvalue weighted by atomic mass is 9.95. The van der Waals surface area contributed by atoms with E-state index >= 15 is 0 Å². The molecule has 1 amide bonds. The first-order chi connectivity index (χ1) is 17.3. The number of carbonyl (C=O) groups is 2. The summed E-state index contributed by atoms with van der Waals surface area (Å²) in [7, 11) is -0.634. The van der Waals surface area contributed by atoms with Crippen molar-refractivity contribution in [1.82, 2.24) is 9.21 Å². The molecule has 1 N–H and O–H groups in total. The van der Waals surface area contributed by atoms with Crippen molar-refractivity contribution in [3.8, 4) is 5.75 Å². The quantitative estimate of drug-likeness (QED) is 0.327. The molecule has 192 valence electrons. The molecule has 2 saturated heterocycles. The zero-order chi connectivity index (χ0) is 25.9. The van der Waals surface area contributed by atoms with E-state index in [1.165, 1.54) is 47.7 Å². The third-order valence-electron chi connectivity index (χ3n) is 6.57. The third kappa shape index (κ3) is 4.88. The van der Waals surface area contributed by atoms with Crippen molar-refractivity contribution < 1.29 is 32.6 Å². The molecule has 2 aliphatic rings. The molecule has 0 radical (unpaired) electrons. The summed E-state index contributed by atoms with van der Waals surface area (Å²) in [4.78, 5) is 27.5. The second-order valence-electron chi connectivity index (χ2n) is 8.75. The van der Waals surface area contributed by atoms with Gasteiger partial charge in [-0.15, -0.1) is 0 Å². The summed E-state index contributed by atoms with van der Waals surface area (Å²) in [5.41, 5.74) is 0.761. The van der Waals surface area contributed by atoms with Crippen LogP contribution in [0.4, 0.5) is 0 Å². The summed E-state index contributed by atoms with van der Waals surface area (Å²) in [6.45, 7) is 1.31. The summed E-state index contributed by atoms with van der Waals surface area (Å²) in [5, 5.41) is 11.2. The zero-order valence-electron chi connectivity index (χ0n) is 20.3. The number of methoxy groups -OCH3 is 2. The van der Waals surface area contributed by atoms with Gasteiger partial charge in [0.2, 0.25) is 10.0 Å². The van der Waals surface area contributed by atoms with Crippen LogP contribution in [0, 0.1) is 0 Å². The fraction of sp³-hybridized carbons (Fsp3) is 0.385. The van der Waals surface area contributed by atoms with Crippen LogP contribution in [-0.4, -0.2) is 74.9 Å². The molecular weight excluding hydrogens is 484 g/mol. The van der Waals surface area contributed by atoms with Crippen LogP contribution >= 0.6 is 0 Å². The van der Waals surface area contributed by atoms with Crippen LogP contribution in [0.3, 0.4) is 0 Å². The number of Topliss-reactive ketones (excluding diaryl/α,β-unsaturated/α-hetero) is 1. The van der Waals surface area contributed by atoms with Gasteiger partial charge in [-0.2, -0.15) is 4.31 Å². The van der Waals surface area contributed by atoms with Crippen LogP contribution in [-0.2, 0) is 24.3 Å². The van der Waals surface area contributed by atoms with E-state index < -0.39 is 27.8 Å². The smallest absolute Gasteiger partial charge is 0.295 e. The van der Waals surface area contributed by atoms with Crippen LogP contribution in [0.5, 0.6) is 5.75 Å². The highest BCUT2D eigenvalue weighted by molar-refractivity contribution is 7.89. The number of aliphatic hydroxyl groups is 1. The van der Waals surface area contributed by atoms with Crippen LogP contribution in [0.25, 0.3) is 5.76 Å². The van der Waals surface area contributed by atoms with E-state index in [0.717, 1.165) is 19.3 Å². The van der Waals surface area contributed by atoms with Crippen LogP contribution in [0.15, 0.2) is 59.0 Å². The van der Waals surface area contributed by atoms with E-state index in [9.17, 15) is 23.1 Å². The Balaban J connectivity index is 1.74. The number of aliphatic hydroxyl groups excluding tert-OH is 1. The number of benzene rings is 2. The minimum absolute atomic E-state index is 0.0732. The Bertz CT molecular complexity index is 1270. The minimum Gasteiger partial charge on any atom is -0.507 e. The molecule has 2 aliphatic heterocycles. The SMILES string of the molecule is COCCN1C(=O)C(=O)/C(=C(/O)c2ccc(S(=O)(=O)N3CCCCC3)cc2)C1c1cccc(OC)c1. The predicted molar refractivity (Wildman–Crippen MR) is 133 cm³/mol. The van der Waals surface area contributed by atoms with Gasteiger partial charge in [-0.25, -0.2) is 8.42 Å². The number of ketones is 1. The lowest BCUT2D eigenvalue weighted by Crippen LogP contribution is -2.35. The summed E-state index contributed by atoms with van der Waals surface area (Å²) in [5.74, 6) is -1.40. The first-order valence-electron chi connectivity index (χ1n) is 11.8. The number of hydrogen-bond donors (Lipinski definition) is 1. The van der Waals surface area contributed by atoms with Gasteiger partial charge in [0.25, 0.3) is 11.7 Å². The molecule has 4 rings (SSSR count). The average Bonchev–Trinajstić information content (AvgIpc) is 3.17. The number of hydrogen-bond acceptors (Lipinski definition) is 7. The van der Waals surface area contributed by atoms with Gasteiger partial charge in [0, 0.05) is 32.3 Å². The fourth-order valence-corrected chi connectivity index (χ4v) is 6.17. The number of carbonyl (C=O) groups excluding carboxylic acids is 2. The molecule has 0 saturated carbocycles. The van der Waals surface area contributed by atoms with Crippen LogP contribution in [0.2, 0.25) is 0 Å². The number of sulfonamides is 1. The molecule has 0 aliphatic carbocycles. The number of amides is 1. The lowest BCUT2D eigenvalue weighted by Gasteiger charge is -2.26. The van der Waals surface area contributed by atoms with Crippen molar-refractivity contribution in [3.05, 3.63) is 65.2 Å². The maximum atomic E-state index is 13.1. The van der Waals surface area contributed by atoms with E-state index in [2.05, 4.69) is 0 Å². The molecule has 0 bridgehead atoms. The Kier molecular flexibility index (Phi) is 7.77. The Hall–Kier alpha value is -3.21. The standard InChI is InChI=1S/C26H30N2O7S/c1-34-16-15-28-23(19-7-6-8-20(17-19)35-2)22(25(30)26(28)31)24(29)18-9-11-21(12-10-18)36(32,33)27-13-4-3-5-14-27/h6-12,17,23,29H,3-5,13-16H2,1-2H3/b24-22+. The Morgan fingerprint density at radius 2 is 1.72 bits per heavy atom. The maximum Gasteiger partial charge on any atom is 0.295 e. The first kappa shape index (κ1) is 25.9. The summed E-state index contributed by atoms with van der Waals surface area (Å²) in [6.07, 6.45) is 2.66. The van der Waals surface area contributed by atoms with Gasteiger partial charge in [0.05, 0.1) is 30.2 Å². The third-order valence-corrected chi connectivity index (χ3v) is 8.48. The van der Waals surface area contributed by atoms with E-state index in [4.69, 9.17) is 9.47 Å². The highest BCUT2D eigenvalue weighted by Crippen LogP contribution is 2.40. The number of likely N-dealkylation sites (tertiary alicyclic amines) is 1. The Morgan fingerprint density at radius 1 is 1.03 bits per heavy atom. The van der Waals surface area contributed by atoms with Crippen LogP contribution < -0.4 is 4.74 Å². The number of rotatable bonds is 8. The van der Waals surface area contributed by atoms with Gasteiger partial charge in [-0.3, -0.25) is 9.59 Å². The Labute approximate surface area is 211 Å². The van der Waals surface area contributed by atoms with E-state index in [-0.39, 0.29) is 34.9 Å². The molecule has 1 unspecified atom stereocenters. The maximum absolute atomic E-state index is 13.1. The van der Waals surface area contributed by atoms with Gasteiger partial charge in [0.1, 0.15) is 11.5 Å². The van der Waals surface area contributed by atoms with Crippen molar-refractivity contribution in [2.24, 2.45) is 0 Å². The Morgan fingerprint density at radius 3 is 2.36 bits per heavy atom. The minimum atomic E-state index is -3.65. The van der Waals surface area contributed by atoms with Gasteiger partial charge in [0.15, 0.2) is 0 Å². The number of piperidine rings is 1. The molecule has 0 aromatic heterocycles. The second-order valence-corrected chi connectivity index (χ2v) is 10.7. The highest BCUT2D eigenvalue weighted by atomic mass is 32.2. The molecule has 2 aromatic carbocycles. The monoisotopic (exact) mass is 514 g/mol. The summed E-state index contributed by atoms with van der Waals surface area (Å²) >= 11 is 0. The van der Waals surface area contributed by atoms with Crippen molar-refractivity contribution >= 4 is 27.5 Å². The van der Waals surface area contributed by atoms with Crippen molar-refractivity contribution in [1.29, 1.82) is 0 Å².